The second-order valence-corrected chi connectivity index (χ2v) is 5.85. The maximum Gasteiger partial charge on any atom is 0.319 e. The Morgan fingerprint density at radius 1 is 1.20 bits per heavy atom. The van der Waals surface area contributed by atoms with Gasteiger partial charge < -0.3 is 15.6 Å². The highest BCUT2D eigenvalue weighted by Gasteiger charge is 2.14. The van der Waals surface area contributed by atoms with Gasteiger partial charge in [0, 0.05) is 0 Å². The largest absolute Gasteiger partial charge is 0.340 e. The molecule has 0 saturated heterocycles. The Morgan fingerprint density at radius 3 is 2.72 bits per heavy atom. The van der Waals surface area contributed by atoms with Crippen molar-refractivity contribution < 1.29 is 9.18 Å². The van der Waals surface area contributed by atoms with Gasteiger partial charge in [-0.1, -0.05) is 36.4 Å². The maximum atomic E-state index is 13.7. The van der Waals surface area contributed by atoms with E-state index in [-0.39, 0.29) is 11.7 Å². The van der Waals surface area contributed by atoms with Crippen LogP contribution >= 0.6 is 0 Å². The van der Waals surface area contributed by atoms with Crippen LogP contribution in [0.2, 0.25) is 0 Å². The molecule has 0 aliphatic heterocycles. The lowest BCUT2D eigenvalue weighted by Crippen LogP contribution is -2.32. The van der Waals surface area contributed by atoms with E-state index in [2.05, 4.69) is 20.6 Å². The number of benzene rings is 2. The SMILES string of the molecule is Cc1ccc(F)c(NC(=O)N[C@@H](C)c2ncc(-c3ccccc3)[nH]2)c1. The van der Waals surface area contributed by atoms with Gasteiger partial charge in [0.05, 0.1) is 23.6 Å². The number of nitrogens with zero attached hydrogens (tertiary/aromatic N) is 1. The van der Waals surface area contributed by atoms with Crippen molar-refractivity contribution in [3.63, 3.8) is 0 Å². The number of anilines is 1. The molecular weight excluding hydrogens is 319 g/mol. The van der Waals surface area contributed by atoms with Gasteiger partial charge in [0.25, 0.3) is 0 Å². The predicted octanol–water partition coefficient (Wildman–Crippen LogP) is 4.41. The average molecular weight is 338 g/mol. The first kappa shape index (κ1) is 16.7. The van der Waals surface area contributed by atoms with E-state index in [4.69, 9.17) is 0 Å². The summed E-state index contributed by atoms with van der Waals surface area (Å²) in [4.78, 5) is 19.6. The third kappa shape index (κ3) is 4.03. The minimum Gasteiger partial charge on any atom is -0.340 e. The van der Waals surface area contributed by atoms with Crippen molar-refractivity contribution in [1.29, 1.82) is 0 Å². The zero-order valence-electron chi connectivity index (χ0n) is 14.0. The molecule has 0 bridgehead atoms. The molecule has 3 rings (SSSR count). The van der Waals surface area contributed by atoms with Crippen LogP contribution in [0.4, 0.5) is 14.9 Å². The molecule has 0 aliphatic rings. The Kier molecular flexibility index (Phi) is 4.79. The van der Waals surface area contributed by atoms with E-state index in [1.54, 1.807) is 25.3 Å². The first-order valence-corrected chi connectivity index (χ1v) is 7.97. The molecule has 0 fully saturated rings. The second kappa shape index (κ2) is 7.17. The van der Waals surface area contributed by atoms with Crippen molar-refractivity contribution in [3.05, 3.63) is 71.9 Å². The molecule has 0 spiro atoms. The van der Waals surface area contributed by atoms with E-state index >= 15 is 0 Å². The maximum absolute atomic E-state index is 13.7. The number of H-pyrrole nitrogens is 1. The second-order valence-electron chi connectivity index (χ2n) is 5.85. The lowest BCUT2D eigenvalue weighted by molar-refractivity contribution is 0.249. The van der Waals surface area contributed by atoms with Crippen molar-refractivity contribution in [2.45, 2.75) is 19.9 Å². The first-order valence-electron chi connectivity index (χ1n) is 7.97. The molecule has 2 amide bonds. The number of carbonyl (C=O) groups is 1. The molecule has 1 atom stereocenters. The van der Waals surface area contributed by atoms with Crippen LogP contribution in [0.15, 0.2) is 54.7 Å². The Bertz CT molecular complexity index is 876. The van der Waals surface area contributed by atoms with E-state index in [9.17, 15) is 9.18 Å². The van der Waals surface area contributed by atoms with Crippen LogP contribution in [0.25, 0.3) is 11.3 Å². The van der Waals surface area contributed by atoms with Gasteiger partial charge in [-0.15, -0.1) is 0 Å². The third-order valence-corrected chi connectivity index (χ3v) is 3.81. The van der Waals surface area contributed by atoms with Crippen molar-refractivity contribution in [2.24, 2.45) is 0 Å². The van der Waals surface area contributed by atoms with Gasteiger partial charge in [-0.2, -0.15) is 0 Å². The summed E-state index contributed by atoms with van der Waals surface area (Å²) >= 11 is 0. The van der Waals surface area contributed by atoms with Gasteiger partial charge in [-0.05, 0) is 37.1 Å². The summed E-state index contributed by atoms with van der Waals surface area (Å²) in [5, 5.41) is 5.27. The number of aryl methyl sites for hydroxylation is 1. The van der Waals surface area contributed by atoms with Crippen LogP contribution in [-0.4, -0.2) is 16.0 Å². The number of amides is 2. The topological polar surface area (TPSA) is 69.8 Å². The number of imidazole rings is 1. The average Bonchev–Trinajstić information content (AvgIpc) is 3.09. The third-order valence-electron chi connectivity index (χ3n) is 3.81. The quantitative estimate of drug-likeness (QED) is 0.659. The summed E-state index contributed by atoms with van der Waals surface area (Å²) in [6.07, 6.45) is 1.72. The molecule has 0 radical (unpaired) electrons. The lowest BCUT2D eigenvalue weighted by Gasteiger charge is -2.13. The van der Waals surface area contributed by atoms with Crippen LogP contribution < -0.4 is 10.6 Å². The number of carbonyl (C=O) groups excluding carboxylic acids is 1. The van der Waals surface area contributed by atoms with Crippen molar-refractivity contribution in [1.82, 2.24) is 15.3 Å². The summed E-state index contributed by atoms with van der Waals surface area (Å²) in [5.74, 6) is 0.150. The molecule has 5 nitrogen and oxygen atoms in total. The first-order chi connectivity index (χ1) is 12.0. The van der Waals surface area contributed by atoms with E-state index < -0.39 is 11.8 Å². The molecular formula is C19H19FN4O. The summed E-state index contributed by atoms with van der Waals surface area (Å²) in [6.45, 7) is 3.64. The molecule has 3 N–H and O–H groups in total. The molecule has 0 aliphatic carbocycles. The fourth-order valence-electron chi connectivity index (χ4n) is 2.48. The summed E-state index contributed by atoms with van der Waals surface area (Å²) < 4.78 is 13.7. The monoisotopic (exact) mass is 338 g/mol. The Morgan fingerprint density at radius 2 is 1.96 bits per heavy atom. The van der Waals surface area contributed by atoms with Gasteiger partial charge in [0.15, 0.2) is 0 Å². The summed E-state index contributed by atoms with van der Waals surface area (Å²) in [6, 6.07) is 13.5. The normalized spacial score (nSPS) is 11.8. The zero-order chi connectivity index (χ0) is 17.8. The highest BCUT2D eigenvalue weighted by molar-refractivity contribution is 5.89. The number of urea groups is 1. The number of aromatic amines is 1. The molecule has 1 heterocycles. The molecule has 128 valence electrons. The highest BCUT2D eigenvalue weighted by atomic mass is 19.1. The number of hydrogen-bond donors (Lipinski definition) is 3. The minimum atomic E-state index is -0.491. The lowest BCUT2D eigenvalue weighted by atomic mass is 10.2. The van der Waals surface area contributed by atoms with Gasteiger partial charge >= 0.3 is 6.03 Å². The van der Waals surface area contributed by atoms with Crippen LogP contribution in [0.1, 0.15) is 24.4 Å². The van der Waals surface area contributed by atoms with Gasteiger partial charge in [-0.3, -0.25) is 0 Å². The number of nitrogens with one attached hydrogen (secondary N) is 3. The Hall–Kier alpha value is -3.15. The number of rotatable bonds is 4. The molecule has 3 aromatic rings. The Labute approximate surface area is 145 Å². The standard InChI is InChI=1S/C19H19FN4O/c1-12-8-9-15(20)16(10-12)24-19(25)22-13(2)18-21-11-17(23-18)14-6-4-3-5-7-14/h3-11,13H,1-2H3,(H,21,23)(H2,22,24,25)/t13-/m0/s1. The van der Waals surface area contributed by atoms with Crippen LogP contribution in [-0.2, 0) is 0 Å². The zero-order valence-corrected chi connectivity index (χ0v) is 14.0. The van der Waals surface area contributed by atoms with Gasteiger partial charge in [0.2, 0.25) is 0 Å². The summed E-state index contributed by atoms with van der Waals surface area (Å²) in [5.41, 5.74) is 2.89. The molecule has 2 aromatic carbocycles. The van der Waals surface area contributed by atoms with E-state index in [1.807, 2.05) is 37.3 Å². The molecule has 0 saturated carbocycles. The number of halogens is 1. The highest BCUT2D eigenvalue weighted by Crippen LogP contribution is 2.19. The smallest absolute Gasteiger partial charge is 0.319 e. The van der Waals surface area contributed by atoms with E-state index in [0.29, 0.717) is 5.82 Å². The van der Waals surface area contributed by atoms with Gasteiger partial charge in [-0.25, -0.2) is 14.2 Å². The number of aromatic nitrogens is 2. The molecule has 6 heteroatoms. The molecule has 25 heavy (non-hydrogen) atoms. The fraction of sp³-hybridized carbons (Fsp3) is 0.158. The van der Waals surface area contributed by atoms with Crippen molar-refractivity contribution >= 4 is 11.7 Å². The minimum absolute atomic E-state index is 0.147. The fourth-order valence-corrected chi connectivity index (χ4v) is 2.48. The van der Waals surface area contributed by atoms with E-state index in [0.717, 1.165) is 16.8 Å². The van der Waals surface area contributed by atoms with Gasteiger partial charge in [0.1, 0.15) is 11.6 Å². The van der Waals surface area contributed by atoms with Crippen molar-refractivity contribution in [2.75, 3.05) is 5.32 Å². The van der Waals surface area contributed by atoms with Crippen molar-refractivity contribution in [3.8, 4) is 11.3 Å². The molecule has 1 aromatic heterocycles. The van der Waals surface area contributed by atoms with Crippen LogP contribution in [0, 0.1) is 12.7 Å². The van der Waals surface area contributed by atoms with E-state index in [1.165, 1.54) is 6.07 Å². The summed E-state index contributed by atoms with van der Waals surface area (Å²) in [7, 11) is 0. The van der Waals surface area contributed by atoms with Crippen LogP contribution in [0.3, 0.4) is 0 Å². The number of hydrogen-bond acceptors (Lipinski definition) is 2. The Balaban J connectivity index is 1.66. The molecule has 0 unspecified atom stereocenters. The predicted molar refractivity (Wildman–Crippen MR) is 95.7 cm³/mol. The van der Waals surface area contributed by atoms with Crippen LogP contribution in [0.5, 0.6) is 0 Å².